The van der Waals surface area contributed by atoms with E-state index in [0.717, 1.165) is 37.8 Å². The molecule has 1 aromatic rings. The summed E-state index contributed by atoms with van der Waals surface area (Å²) in [6.07, 6.45) is 2.93. The number of rotatable bonds is 12. The van der Waals surface area contributed by atoms with Crippen molar-refractivity contribution in [3.8, 4) is 0 Å². The zero-order valence-corrected chi connectivity index (χ0v) is 27.1. The highest BCUT2D eigenvalue weighted by molar-refractivity contribution is 5.68. The summed E-state index contributed by atoms with van der Waals surface area (Å²) in [4.78, 5) is 29.5. The van der Waals surface area contributed by atoms with Gasteiger partial charge in [0, 0.05) is 19.1 Å². The van der Waals surface area contributed by atoms with Gasteiger partial charge in [0.15, 0.2) is 0 Å². The Morgan fingerprint density at radius 2 is 1.43 bits per heavy atom. The molecule has 0 radical (unpaired) electrons. The second-order valence-corrected chi connectivity index (χ2v) is 14.0. The average molecular weight is 591 g/mol. The van der Waals surface area contributed by atoms with Crippen molar-refractivity contribution < 1.29 is 28.5 Å². The minimum atomic E-state index is -0.569. The first-order chi connectivity index (χ1) is 19.6. The molecule has 2 fully saturated rings. The summed E-state index contributed by atoms with van der Waals surface area (Å²) in [6, 6.07) is 10.3. The fourth-order valence-corrected chi connectivity index (χ4v) is 5.78. The van der Waals surface area contributed by atoms with Crippen LogP contribution in [0.15, 0.2) is 30.3 Å². The van der Waals surface area contributed by atoms with Crippen LogP contribution in [0.3, 0.4) is 0 Å². The van der Waals surface area contributed by atoms with Crippen LogP contribution in [0.1, 0.15) is 72.8 Å². The monoisotopic (exact) mass is 590 g/mol. The Bertz CT molecular complexity index is 1010. The van der Waals surface area contributed by atoms with E-state index in [-0.39, 0.29) is 17.1 Å². The minimum Gasteiger partial charge on any atom is -0.444 e. The summed E-state index contributed by atoms with van der Waals surface area (Å²) < 4.78 is 23.6. The van der Waals surface area contributed by atoms with Crippen molar-refractivity contribution in [1.82, 2.24) is 20.4 Å². The first kappa shape index (κ1) is 34.1. The molecule has 2 saturated heterocycles. The summed E-state index contributed by atoms with van der Waals surface area (Å²) in [5.74, 6) is 0. The average Bonchev–Trinajstić information content (AvgIpc) is 3.40. The third kappa shape index (κ3) is 10.1. The summed E-state index contributed by atoms with van der Waals surface area (Å²) in [5, 5.41) is 5.97. The number of hydrogen-bond donors (Lipinski definition) is 2. The maximum Gasteiger partial charge on any atom is 0.407 e. The van der Waals surface area contributed by atoms with Crippen LogP contribution in [0.4, 0.5) is 9.59 Å². The molecule has 0 spiro atoms. The molecule has 10 heteroatoms. The van der Waals surface area contributed by atoms with Gasteiger partial charge in [-0.25, -0.2) is 9.59 Å². The topological polar surface area (TPSA) is 102 Å². The lowest BCUT2D eigenvalue weighted by atomic mass is 9.97. The summed E-state index contributed by atoms with van der Waals surface area (Å²) in [5.41, 5.74) is -0.667. The highest BCUT2D eigenvalue weighted by atomic mass is 16.6. The second kappa shape index (κ2) is 14.4. The number of amides is 2. The Hall–Kier alpha value is -2.40. The van der Waals surface area contributed by atoms with Gasteiger partial charge in [-0.3, -0.25) is 9.80 Å². The lowest BCUT2D eigenvalue weighted by Crippen LogP contribution is -2.57. The van der Waals surface area contributed by atoms with Crippen LogP contribution in [-0.4, -0.2) is 104 Å². The van der Waals surface area contributed by atoms with E-state index in [0.29, 0.717) is 39.5 Å². The fraction of sp³-hybridized carbons (Fsp3) is 0.750. The molecule has 3 unspecified atom stereocenters. The first-order valence-electron chi connectivity index (χ1n) is 15.2. The first-order valence-corrected chi connectivity index (χ1v) is 15.2. The number of likely N-dealkylation sites (N-methyl/N-ethyl adjacent to an activating group) is 2. The van der Waals surface area contributed by atoms with E-state index >= 15 is 0 Å². The summed E-state index contributed by atoms with van der Waals surface area (Å²) in [7, 11) is 4.18. The molecule has 10 nitrogen and oxygen atoms in total. The van der Waals surface area contributed by atoms with Gasteiger partial charge in [0.2, 0.25) is 0 Å². The predicted molar refractivity (Wildman–Crippen MR) is 164 cm³/mol. The fourth-order valence-electron chi connectivity index (χ4n) is 5.78. The van der Waals surface area contributed by atoms with Crippen LogP contribution in [0.25, 0.3) is 0 Å². The molecule has 0 saturated carbocycles. The van der Waals surface area contributed by atoms with Gasteiger partial charge in [0.05, 0.1) is 37.5 Å². The maximum absolute atomic E-state index is 12.6. The molecule has 1 aromatic carbocycles. The zero-order valence-electron chi connectivity index (χ0n) is 27.1. The van der Waals surface area contributed by atoms with Crippen LogP contribution in [0, 0.1) is 0 Å². The van der Waals surface area contributed by atoms with Crippen molar-refractivity contribution in [3.63, 3.8) is 0 Å². The molecule has 2 N–H and O–H groups in total. The Labute approximate surface area is 252 Å². The third-order valence-electron chi connectivity index (χ3n) is 8.27. The van der Waals surface area contributed by atoms with Crippen LogP contribution >= 0.6 is 0 Å². The highest BCUT2D eigenvalue weighted by Gasteiger charge is 2.46. The lowest BCUT2D eigenvalue weighted by Gasteiger charge is -2.39. The molecular formula is C32H54N4O6. The lowest BCUT2D eigenvalue weighted by molar-refractivity contribution is -0.0265. The number of carbonyl (C=O) groups is 2. The molecule has 0 bridgehead atoms. The van der Waals surface area contributed by atoms with E-state index in [1.807, 2.05) is 71.9 Å². The van der Waals surface area contributed by atoms with Crippen molar-refractivity contribution in [2.24, 2.45) is 0 Å². The van der Waals surface area contributed by atoms with Gasteiger partial charge < -0.3 is 29.6 Å². The molecule has 2 aliphatic heterocycles. The highest BCUT2D eigenvalue weighted by Crippen LogP contribution is 2.34. The van der Waals surface area contributed by atoms with Gasteiger partial charge >= 0.3 is 12.2 Å². The van der Waals surface area contributed by atoms with E-state index in [9.17, 15) is 9.59 Å². The van der Waals surface area contributed by atoms with Crippen molar-refractivity contribution in [2.75, 3.05) is 53.6 Å². The number of nitrogens with one attached hydrogen (secondary N) is 2. The molecule has 238 valence electrons. The van der Waals surface area contributed by atoms with Gasteiger partial charge in [0.1, 0.15) is 11.2 Å². The quantitative estimate of drug-likeness (QED) is 0.365. The Kier molecular flexibility index (Phi) is 11.7. The predicted octanol–water partition coefficient (Wildman–Crippen LogP) is 4.57. The largest absolute Gasteiger partial charge is 0.444 e. The Balaban J connectivity index is 1.60. The van der Waals surface area contributed by atoms with E-state index in [1.54, 1.807) is 0 Å². The second-order valence-electron chi connectivity index (χ2n) is 14.0. The molecule has 3 rings (SSSR count). The standard InChI is InChI=1S/C32H54N4O6/c1-29(2,3)41-27(37)33-21-31(16-12-18-35(31)7)23-40-20-26-15-17-32(36(26)8,22-34-28(38)42-30(4,5)6)24-39-19-25-13-10-9-11-14-25/h9-11,13-14,26H,12,15-24H2,1-8H3,(H,33,37)(H,34,38). The number of nitrogens with zero attached hydrogens (tertiary/aromatic N) is 2. The van der Waals surface area contributed by atoms with Gasteiger partial charge in [-0.2, -0.15) is 0 Å². The van der Waals surface area contributed by atoms with Gasteiger partial charge in [-0.1, -0.05) is 30.3 Å². The number of hydrogen-bond acceptors (Lipinski definition) is 8. The van der Waals surface area contributed by atoms with Crippen molar-refractivity contribution in [3.05, 3.63) is 35.9 Å². The van der Waals surface area contributed by atoms with Gasteiger partial charge in [-0.15, -0.1) is 0 Å². The van der Waals surface area contributed by atoms with E-state index < -0.39 is 23.4 Å². The van der Waals surface area contributed by atoms with Crippen LogP contribution in [-0.2, 0) is 25.6 Å². The number of carbonyl (C=O) groups excluding carboxylic acids is 2. The number of benzene rings is 1. The summed E-state index contributed by atoms with van der Waals surface area (Å²) >= 11 is 0. The van der Waals surface area contributed by atoms with Gasteiger partial charge in [0.25, 0.3) is 0 Å². The zero-order chi connectivity index (χ0) is 31.0. The molecule has 2 amide bonds. The molecular weight excluding hydrogens is 536 g/mol. The molecule has 0 aliphatic carbocycles. The van der Waals surface area contributed by atoms with E-state index in [4.69, 9.17) is 18.9 Å². The molecule has 2 heterocycles. The number of alkyl carbamates (subject to hydrolysis) is 2. The Morgan fingerprint density at radius 1 is 0.857 bits per heavy atom. The van der Waals surface area contributed by atoms with Crippen molar-refractivity contribution in [2.45, 2.75) is 102 Å². The van der Waals surface area contributed by atoms with E-state index in [1.165, 1.54) is 0 Å². The SMILES string of the molecule is CN1CCCC1(CNC(=O)OC(C)(C)C)COCC1CCC(CNC(=O)OC(C)(C)C)(COCc2ccccc2)N1C. The van der Waals surface area contributed by atoms with Crippen molar-refractivity contribution >= 4 is 12.2 Å². The number of likely N-dealkylation sites (tertiary alicyclic amines) is 2. The van der Waals surface area contributed by atoms with E-state index in [2.05, 4.69) is 34.5 Å². The van der Waals surface area contributed by atoms with Crippen LogP contribution in [0.5, 0.6) is 0 Å². The third-order valence-corrected chi connectivity index (χ3v) is 8.27. The molecule has 2 aliphatic rings. The smallest absolute Gasteiger partial charge is 0.407 e. The molecule has 0 aromatic heterocycles. The maximum atomic E-state index is 12.6. The minimum absolute atomic E-state index is 0.160. The molecule has 42 heavy (non-hydrogen) atoms. The van der Waals surface area contributed by atoms with Crippen LogP contribution in [0.2, 0.25) is 0 Å². The van der Waals surface area contributed by atoms with Crippen molar-refractivity contribution in [1.29, 1.82) is 0 Å². The number of ether oxygens (including phenoxy) is 4. The van der Waals surface area contributed by atoms with Gasteiger partial charge in [-0.05, 0) is 93.4 Å². The summed E-state index contributed by atoms with van der Waals surface area (Å²) in [6.45, 7) is 15.0. The molecule has 3 atom stereocenters. The Morgan fingerprint density at radius 3 is 1.98 bits per heavy atom. The normalized spacial score (nSPS) is 25.4. The van der Waals surface area contributed by atoms with Crippen LogP contribution < -0.4 is 10.6 Å².